The maximum absolute atomic E-state index is 13.7. The first-order valence-corrected chi connectivity index (χ1v) is 17.8. The number of pyridine rings is 2. The Bertz CT molecular complexity index is 1530. The largest absolute Gasteiger partial charge is 0.481 e. The molecule has 49 heavy (non-hydrogen) atoms. The van der Waals surface area contributed by atoms with Gasteiger partial charge in [0.2, 0.25) is 5.88 Å². The predicted octanol–water partition coefficient (Wildman–Crippen LogP) is 10.5. The summed E-state index contributed by atoms with van der Waals surface area (Å²) >= 11 is 6.60. The molecule has 0 spiro atoms. The second kappa shape index (κ2) is 17.2. The summed E-state index contributed by atoms with van der Waals surface area (Å²) in [5, 5.41) is 9.67. The van der Waals surface area contributed by atoms with E-state index in [1.165, 1.54) is 55.7 Å². The first-order valence-electron chi connectivity index (χ1n) is 17.4. The number of unbranched alkanes of at least 4 members (excludes halogenated alkanes) is 8. The lowest BCUT2D eigenvalue weighted by Gasteiger charge is -2.36. The van der Waals surface area contributed by atoms with Gasteiger partial charge in [0.25, 0.3) is 0 Å². The number of nitrogens with zero attached hydrogens (tertiary/aromatic N) is 4. The minimum atomic E-state index is -4.64. The molecule has 3 heterocycles. The third-order valence-corrected chi connectivity index (χ3v) is 9.51. The third-order valence-electron chi connectivity index (χ3n) is 9.22. The molecule has 3 aromatic rings. The Morgan fingerprint density at radius 2 is 1.63 bits per heavy atom. The predicted molar refractivity (Wildman–Crippen MR) is 184 cm³/mol. The Balaban J connectivity index is 1.30. The fraction of sp³-hybridized carbons (Fsp3) is 0.622. The van der Waals surface area contributed by atoms with Crippen molar-refractivity contribution < 1.29 is 32.5 Å². The van der Waals surface area contributed by atoms with Crippen molar-refractivity contribution in [3.05, 3.63) is 47.0 Å². The fourth-order valence-corrected chi connectivity index (χ4v) is 6.25. The Morgan fingerprint density at radius 1 is 0.980 bits per heavy atom. The first kappa shape index (κ1) is 38.6. The SMILES string of the molecule is Cc1cc(OCC2(C(=O)O)CCC2)ncc1-c1cnc(-c2nc(C(F)(F)F)cn2COCCCCCCCCCCCC(C)(C)C)c(Cl)c1. The van der Waals surface area contributed by atoms with Crippen molar-refractivity contribution in [2.45, 2.75) is 124 Å². The van der Waals surface area contributed by atoms with Crippen LogP contribution in [0.3, 0.4) is 0 Å². The number of rotatable bonds is 19. The Labute approximate surface area is 292 Å². The first-order chi connectivity index (χ1) is 23.2. The van der Waals surface area contributed by atoms with Gasteiger partial charge in [-0.3, -0.25) is 9.78 Å². The summed E-state index contributed by atoms with van der Waals surface area (Å²) in [7, 11) is 0. The summed E-state index contributed by atoms with van der Waals surface area (Å²) < 4.78 is 53.7. The molecule has 4 rings (SSSR count). The number of aryl methyl sites for hydroxylation is 1. The van der Waals surface area contributed by atoms with Gasteiger partial charge in [-0.25, -0.2) is 9.97 Å². The van der Waals surface area contributed by atoms with Crippen LogP contribution in [0.4, 0.5) is 13.2 Å². The Hall–Kier alpha value is -3.18. The van der Waals surface area contributed by atoms with Crippen molar-refractivity contribution in [2.75, 3.05) is 13.2 Å². The molecule has 0 amide bonds. The van der Waals surface area contributed by atoms with E-state index in [1.54, 1.807) is 18.3 Å². The number of halogens is 4. The summed E-state index contributed by atoms with van der Waals surface area (Å²) in [5.41, 5.74) is 0.695. The van der Waals surface area contributed by atoms with E-state index in [1.807, 2.05) is 6.92 Å². The molecule has 1 N–H and O–H groups in total. The number of carbonyl (C=O) groups is 1. The fourth-order valence-electron chi connectivity index (χ4n) is 6.00. The lowest BCUT2D eigenvalue weighted by atomic mass is 9.69. The zero-order chi connectivity index (χ0) is 35.7. The van der Waals surface area contributed by atoms with E-state index < -0.39 is 23.3 Å². The van der Waals surface area contributed by atoms with Gasteiger partial charge in [0.05, 0.1) is 5.02 Å². The van der Waals surface area contributed by atoms with Gasteiger partial charge in [0, 0.05) is 42.4 Å². The van der Waals surface area contributed by atoms with Crippen molar-refractivity contribution in [2.24, 2.45) is 10.8 Å². The number of ether oxygens (including phenoxy) is 2. The van der Waals surface area contributed by atoms with Crippen LogP contribution in [0.5, 0.6) is 5.88 Å². The summed E-state index contributed by atoms with van der Waals surface area (Å²) in [4.78, 5) is 24.2. The average molecular weight is 707 g/mol. The number of hydrogen-bond donors (Lipinski definition) is 1. The number of aromatic nitrogens is 4. The lowest BCUT2D eigenvalue weighted by Crippen LogP contribution is -2.43. The smallest absolute Gasteiger partial charge is 0.434 e. The molecule has 1 aliphatic rings. The topological polar surface area (TPSA) is 99.4 Å². The average Bonchev–Trinajstić information content (AvgIpc) is 3.43. The van der Waals surface area contributed by atoms with Crippen molar-refractivity contribution in [3.8, 4) is 28.5 Å². The quantitative estimate of drug-likeness (QED) is 0.124. The molecular formula is C37H50ClF3N4O4. The molecule has 3 aromatic heterocycles. The van der Waals surface area contributed by atoms with Crippen LogP contribution in [-0.4, -0.2) is 43.8 Å². The van der Waals surface area contributed by atoms with E-state index in [4.69, 9.17) is 21.1 Å². The molecule has 0 saturated heterocycles. The van der Waals surface area contributed by atoms with Gasteiger partial charge in [-0.15, -0.1) is 0 Å². The van der Waals surface area contributed by atoms with Crippen LogP contribution in [0.1, 0.15) is 115 Å². The summed E-state index contributed by atoms with van der Waals surface area (Å²) in [6.45, 7) is 9.06. The van der Waals surface area contributed by atoms with Crippen LogP contribution < -0.4 is 4.74 Å². The Morgan fingerprint density at radius 3 is 2.18 bits per heavy atom. The second-order valence-corrected chi connectivity index (χ2v) is 15.0. The molecule has 8 nitrogen and oxygen atoms in total. The van der Waals surface area contributed by atoms with Crippen LogP contribution in [-0.2, 0) is 22.4 Å². The van der Waals surface area contributed by atoms with E-state index in [0.29, 0.717) is 41.9 Å². The molecule has 1 fully saturated rings. The molecule has 12 heteroatoms. The number of alkyl halides is 3. The molecule has 0 bridgehead atoms. The number of carboxylic acid groups (broad SMARTS) is 1. The molecule has 270 valence electrons. The van der Waals surface area contributed by atoms with Crippen LogP contribution in [0, 0.1) is 17.8 Å². The van der Waals surface area contributed by atoms with E-state index in [2.05, 4.69) is 35.7 Å². The zero-order valence-electron chi connectivity index (χ0n) is 29.2. The van der Waals surface area contributed by atoms with E-state index in [0.717, 1.165) is 37.4 Å². The molecule has 1 aliphatic carbocycles. The highest BCUT2D eigenvalue weighted by Crippen LogP contribution is 2.42. The summed E-state index contributed by atoms with van der Waals surface area (Å²) in [5.74, 6) is -0.590. The van der Waals surface area contributed by atoms with Gasteiger partial charge < -0.3 is 19.1 Å². The van der Waals surface area contributed by atoms with E-state index in [9.17, 15) is 23.1 Å². The number of aliphatic carboxylic acids is 1. The van der Waals surface area contributed by atoms with Gasteiger partial charge in [-0.2, -0.15) is 13.2 Å². The highest BCUT2D eigenvalue weighted by atomic mass is 35.5. The second-order valence-electron chi connectivity index (χ2n) is 14.6. The molecular weight excluding hydrogens is 657 g/mol. The van der Waals surface area contributed by atoms with Gasteiger partial charge in [-0.1, -0.05) is 90.2 Å². The lowest BCUT2D eigenvalue weighted by molar-refractivity contribution is -0.157. The zero-order valence-corrected chi connectivity index (χ0v) is 29.9. The van der Waals surface area contributed by atoms with Crippen molar-refractivity contribution in [1.29, 1.82) is 0 Å². The minimum Gasteiger partial charge on any atom is -0.481 e. The molecule has 1 saturated carbocycles. The van der Waals surface area contributed by atoms with Crippen LogP contribution in [0.15, 0.2) is 30.7 Å². The van der Waals surface area contributed by atoms with Gasteiger partial charge in [-0.05, 0) is 49.7 Å². The number of carboxylic acids is 1. The van der Waals surface area contributed by atoms with Crippen molar-refractivity contribution in [3.63, 3.8) is 0 Å². The highest BCUT2D eigenvalue weighted by molar-refractivity contribution is 6.33. The monoisotopic (exact) mass is 706 g/mol. The normalized spacial score (nSPS) is 14.5. The molecule has 0 radical (unpaired) electrons. The van der Waals surface area contributed by atoms with Crippen molar-refractivity contribution >= 4 is 17.6 Å². The summed E-state index contributed by atoms with van der Waals surface area (Å²) in [6.07, 6.45) is 13.1. The number of imidazole rings is 1. The van der Waals surface area contributed by atoms with Gasteiger partial charge in [0.1, 0.15) is 24.4 Å². The molecule has 0 aromatic carbocycles. The van der Waals surface area contributed by atoms with E-state index in [-0.39, 0.29) is 29.9 Å². The molecule has 0 aliphatic heterocycles. The molecule has 0 unspecified atom stereocenters. The summed E-state index contributed by atoms with van der Waals surface area (Å²) in [6, 6.07) is 3.32. The maximum Gasteiger partial charge on any atom is 0.434 e. The van der Waals surface area contributed by atoms with Crippen LogP contribution in [0.25, 0.3) is 22.6 Å². The Kier molecular flexibility index (Phi) is 13.5. The molecule has 0 atom stereocenters. The third kappa shape index (κ3) is 11.2. The van der Waals surface area contributed by atoms with Crippen LogP contribution >= 0.6 is 11.6 Å². The number of hydrogen-bond acceptors (Lipinski definition) is 6. The standard InChI is InChI=1S/C37H50ClF3N4O4/c1-26-19-31(49-24-36(34(46)47)16-14-17-36)42-22-28(26)27-20-29(38)32(43-21-27)33-44-30(37(39,40)41)23-45(33)25-48-18-13-11-9-7-5-6-8-10-12-15-35(2,3)4/h19-23H,5-18,24-25H2,1-4H3,(H,46,47). The highest BCUT2D eigenvalue weighted by Gasteiger charge is 2.45. The maximum atomic E-state index is 13.7. The minimum absolute atomic E-state index is 0.0340. The van der Waals surface area contributed by atoms with Crippen molar-refractivity contribution in [1.82, 2.24) is 19.5 Å². The van der Waals surface area contributed by atoms with Gasteiger partial charge in [0.15, 0.2) is 11.5 Å². The van der Waals surface area contributed by atoms with E-state index >= 15 is 0 Å². The van der Waals surface area contributed by atoms with Gasteiger partial charge >= 0.3 is 12.1 Å². The van der Waals surface area contributed by atoms with Crippen LogP contribution in [0.2, 0.25) is 5.02 Å².